The van der Waals surface area contributed by atoms with Gasteiger partial charge < -0.3 is 4.74 Å². The quantitative estimate of drug-likeness (QED) is 0.788. The second kappa shape index (κ2) is 8.72. The van der Waals surface area contributed by atoms with Crippen LogP contribution in [-0.2, 0) is 10.0 Å². The Balaban J connectivity index is 1.73. The number of hydrogen-bond acceptors (Lipinski definition) is 4. The average Bonchev–Trinajstić information content (AvgIpc) is 3.19. The minimum atomic E-state index is -3.23. The van der Waals surface area contributed by atoms with E-state index in [1.807, 2.05) is 12.1 Å². The van der Waals surface area contributed by atoms with Gasteiger partial charge in [-0.3, -0.25) is 4.90 Å². The van der Waals surface area contributed by atoms with E-state index in [2.05, 4.69) is 28.7 Å². The van der Waals surface area contributed by atoms with Crippen molar-refractivity contribution >= 4 is 10.0 Å². The van der Waals surface area contributed by atoms with E-state index in [-0.39, 0.29) is 11.3 Å². The Labute approximate surface area is 158 Å². The number of methoxy groups -OCH3 is 1. The van der Waals surface area contributed by atoms with E-state index in [0.29, 0.717) is 6.54 Å². The normalized spacial score (nSPS) is 21.8. The molecule has 0 radical (unpaired) electrons. The molecule has 1 unspecified atom stereocenters. The molecule has 1 atom stereocenters. The third-order valence-corrected chi connectivity index (χ3v) is 7.90. The van der Waals surface area contributed by atoms with Gasteiger partial charge in [0.15, 0.2) is 0 Å². The van der Waals surface area contributed by atoms with Gasteiger partial charge in [0.1, 0.15) is 5.75 Å². The largest absolute Gasteiger partial charge is 0.497 e. The molecular formula is C20H32N2O3S. The van der Waals surface area contributed by atoms with Crippen molar-refractivity contribution in [3.8, 4) is 5.75 Å². The lowest BCUT2D eigenvalue weighted by atomic mass is 9.96. The first-order chi connectivity index (χ1) is 12.5. The van der Waals surface area contributed by atoms with E-state index >= 15 is 0 Å². The van der Waals surface area contributed by atoms with Gasteiger partial charge in [-0.05, 0) is 62.4 Å². The SMILES string of the molecule is COc1ccc(C(CNS(=O)(=O)C2CCCC2)N2CCC(C)CC2)cc1. The summed E-state index contributed by atoms with van der Waals surface area (Å²) in [7, 11) is -1.57. The van der Waals surface area contributed by atoms with Crippen molar-refractivity contribution in [3.63, 3.8) is 0 Å². The number of likely N-dealkylation sites (tertiary alicyclic amines) is 1. The Morgan fingerprint density at radius 3 is 2.31 bits per heavy atom. The molecule has 2 fully saturated rings. The predicted octanol–water partition coefficient (Wildman–Crippen LogP) is 3.33. The Kier molecular flexibility index (Phi) is 6.59. The van der Waals surface area contributed by atoms with Crippen LogP contribution >= 0.6 is 0 Å². The summed E-state index contributed by atoms with van der Waals surface area (Å²) in [6, 6.07) is 8.11. The molecule has 6 heteroatoms. The van der Waals surface area contributed by atoms with Crippen molar-refractivity contribution in [2.45, 2.75) is 56.7 Å². The van der Waals surface area contributed by atoms with Crippen LogP contribution < -0.4 is 9.46 Å². The molecule has 1 aliphatic carbocycles. The summed E-state index contributed by atoms with van der Waals surface area (Å²) in [5.74, 6) is 1.57. The summed E-state index contributed by atoms with van der Waals surface area (Å²) in [5, 5.41) is -0.208. The lowest BCUT2D eigenvalue weighted by molar-refractivity contribution is 0.139. The first-order valence-corrected chi connectivity index (χ1v) is 11.4. The fraction of sp³-hybridized carbons (Fsp3) is 0.700. The summed E-state index contributed by atoms with van der Waals surface area (Å²) in [6.07, 6.45) is 5.98. The van der Waals surface area contributed by atoms with E-state index in [4.69, 9.17) is 4.74 Å². The maximum absolute atomic E-state index is 12.7. The Bertz CT molecular complexity index is 661. The van der Waals surface area contributed by atoms with E-state index in [9.17, 15) is 8.42 Å². The molecule has 1 saturated carbocycles. The lowest BCUT2D eigenvalue weighted by Crippen LogP contribution is -2.43. The first-order valence-electron chi connectivity index (χ1n) is 9.86. The summed E-state index contributed by atoms with van der Waals surface area (Å²) < 4.78 is 33.5. The Morgan fingerprint density at radius 2 is 1.73 bits per heavy atom. The van der Waals surface area contributed by atoms with Crippen LogP contribution in [0.3, 0.4) is 0 Å². The number of ether oxygens (including phenoxy) is 1. The molecule has 2 aliphatic rings. The van der Waals surface area contributed by atoms with E-state index in [0.717, 1.165) is 56.0 Å². The summed E-state index contributed by atoms with van der Waals surface area (Å²) in [4.78, 5) is 2.43. The van der Waals surface area contributed by atoms with Crippen molar-refractivity contribution in [1.29, 1.82) is 0 Å². The number of hydrogen-bond donors (Lipinski definition) is 1. The zero-order valence-electron chi connectivity index (χ0n) is 16.0. The van der Waals surface area contributed by atoms with Gasteiger partial charge in [0.25, 0.3) is 0 Å². The van der Waals surface area contributed by atoms with Gasteiger partial charge in [0.05, 0.1) is 12.4 Å². The monoisotopic (exact) mass is 380 g/mol. The van der Waals surface area contributed by atoms with Gasteiger partial charge in [-0.2, -0.15) is 0 Å². The third-order valence-electron chi connectivity index (χ3n) is 5.98. The van der Waals surface area contributed by atoms with Crippen LogP contribution in [0.1, 0.15) is 57.1 Å². The van der Waals surface area contributed by atoms with Crippen molar-refractivity contribution in [2.75, 3.05) is 26.7 Å². The second-order valence-corrected chi connectivity index (χ2v) is 9.85. The minimum Gasteiger partial charge on any atom is -0.497 e. The van der Waals surface area contributed by atoms with Gasteiger partial charge in [-0.15, -0.1) is 0 Å². The van der Waals surface area contributed by atoms with Crippen molar-refractivity contribution in [3.05, 3.63) is 29.8 Å². The fourth-order valence-corrected chi connectivity index (χ4v) is 5.72. The van der Waals surface area contributed by atoms with Gasteiger partial charge >= 0.3 is 0 Å². The first kappa shape index (κ1) is 19.6. The maximum Gasteiger partial charge on any atom is 0.214 e. The summed E-state index contributed by atoms with van der Waals surface area (Å²) >= 11 is 0. The number of sulfonamides is 1. The molecule has 1 aliphatic heterocycles. The Hall–Kier alpha value is -1.11. The van der Waals surface area contributed by atoms with Crippen molar-refractivity contribution < 1.29 is 13.2 Å². The second-order valence-electron chi connectivity index (χ2n) is 7.81. The van der Waals surface area contributed by atoms with Gasteiger partial charge in [-0.25, -0.2) is 13.1 Å². The van der Waals surface area contributed by atoms with E-state index in [1.165, 1.54) is 12.8 Å². The summed E-state index contributed by atoms with van der Waals surface area (Å²) in [6.45, 7) is 4.77. The van der Waals surface area contributed by atoms with Crippen LogP contribution in [-0.4, -0.2) is 45.3 Å². The highest BCUT2D eigenvalue weighted by Gasteiger charge is 2.31. The Morgan fingerprint density at radius 1 is 1.12 bits per heavy atom. The highest BCUT2D eigenvalue weighted by atomic mass is 32.2. The van der Waals surface area contributed by atoms with Crippen LogP contribution in [0.4, 0.5) is 0 Å². The van der Waals surface area contributed by atoms with Crippen LogP contribution in [0.15, 0.2) is 24.3 Å². The smallest absolute Gasteiger partial charge is 0.214 e. The molecule has 3 rings (SSSR count). The molecule has 1 aromatic rings. The van der Waals surface area contributed by atoms with Crippen LogP contribution in [0, 0.1) is 5.92 Å². The number of nitrogens with one attached hydrogen (secondary N) is 1. The van der Waals surface area contributed by atoms with Crippen LogP contribution in [0.2, 0.25) is 0 Å². The number of nitrogens with zero attached hydrogens (tertiary/aromatic N) is 1. The molecular weight excluding hydrogens is 348 g/mol. The molecule has 1 heterocycles. The van der Waals surface area contributed by atoms with Gasteiger partial charge in [0, 0.05) is 12.6 Å². The molecule has 0 bridgehead atoms. The highest BCUT2D eigenvalue weighted by molar-refractivity contribution is 7.90. The third kappa shape index (κ3) is 4.78. The lowest BCUT2D eigenvalue weighted by Gasteiger charge is -2.37. The number of rotatable bonds is 7. The highest BCUT2D eigenvalue weighted by Crippen LogP contribution is 2.29. The zero-order chi connectivity index (χ0) is 18.6. The molecule has 5 nitrogen and oxygen atoms in total. The van der Waals surface area contributed by atoms with Crippen LogP contribution in [0.5, 0.6) is 5.75 Å². The molecule has 0 spiro atoms. The maximum atomic E-state index is 12.7. The number of piperidine rings is 1. The topological polar surface area (TPSA) is 58.6 Å². The van der Waals surface area contributed by atoms with Gasteiger partial charge in [0.2, 0.25) is 10.0 Å². The molecule has 1 N–H and O–H groups in total. The molecule has 146 valence electrons. The molecule has 0 aromatic heterocycles. The molecule has 1 saturated heterocycles. The number of benzene rings is 1. The molecule has 26 heavy (non-hydrogen) atoms. The molecule has 0 amide bonds. The average molecular weight is 381 g/mol. The standard InChI is InChI=1S/C20H32N2O3S/c1-16-11-13-22(14-12-16)20(17-7-9-18(25-2)10-8-17)15-21-26(23,24)19-5-3-4-6-19/h7-10,16,19-21H,3-6,11-15H2,1-2H3. The predicted molar refractivity (Wildman–Crippen MR) is 105 cm³/mol. The van der Waals surface area contributed by atoms with Gasteiger partial charge in [-0.1, -0.05) is 31.9 Å². The summed E-state index contributed by atoms with van der Waals surface area (Å²) in [5.41, 5.74) is 1.15. The minimum absolute atomic E-state index is 0.0737. The van der Waals surface area contributed by atoms with Crippen molar-refractivity contribution in [1.82, 2.24) is 9.62 Å². The van der Waals surface area contributed by atoms with Crippen LogP contribution in [0.25, 0.3) is 0 Å². The van der Waals surface area contributed by atoms with Crippen molar-refractivity contribution in [2.24, 2.45) is 5.92 Å². The van der Waals surface area contributed by atoms with E-state index in [1.54, 1.807) is 7.11 Å². The molecule has 1 aromatic carbocycles. The van der Waals surface area contributed by atoms with E-state index < -0.39 is 10.0 Å². The fourth-order valence-electron chi connectivity index (χ4n) is 4.14. The zero-order valence-corrected chi connectivity index (χ0v) is 16.8.